The number of hydrogen-bond donors (Lipinski definition) is 1. The molecule has 0 radical (unpaired) electrons. The molecule has 3 aromatic carbocycles. The molecule has 2 aromatic heterocycles. The normalized spacial score (nSPS) is 11.7. The summed E-state index contributed by atoms with van der Waals surface area (Å²) in [5, 5.41) is 3.86. The topological polar surface area (TPSA) is 105 Å². The Labute approximate surface area is 269 Å². The first-order valence-electron chi connectivity index (χ1n) is 15.2. The smallest absolute Gasteiger partial charge is 0.407 e. The second kappa shape index (κ2) is 13.4. The van der Waals surface area contributed by atoms with Gasteiger partial charge in [0.1, 0.15) is 23.6 Å². The van der Waals surface area contributed by atoms with Crippen molar-refractivity contribution in [1.82, 2.24) is 19.9 Å². The number of hydrogen-bond acceptors (Lipinski definition) is 7. The van der Waals surface area contributed by atoms with Gasteiger partial charge in [-0.2, -0.15) is 0 Å². The molecule has 0 atom stereocenters. The van der Waals surface area contributed by atoms with Crippen molar-refractivity contribution in [2.45, 2.75) is 72.3 Å². The van der Waals surface area contributed by atoms with Crippen molar-refractivity contribution >= 4 is 23.0 Å². The third-order valence-corrected chi connectivity index (χ3v) is 6.83. The summed E-state index contributed by atoms with van der Waals surface area (Å²) in [5.74, 6) is 0.862. The van der Waals surface area contributed by atoms with Crippen LogP contribution in [0.2, 0.25) is 0 Å². The van der Waals surface area contributed by atoms with E-state index in [1.165, 1.54) is 0 Å². The summed E-state index contributed by atoms with van der Waals surface area (Å²) in [6.45, 7) is 11.6. The van der Waals surface area contributed by atoms with Gasteiger partial charge in [-0.1, -0.05) is 36.4 Å². The molecule has 238 valence electrons. The summed E-state index contributed by atoms with van der Waals surface area (Å²) in [4.78, 5) is 33.8. The maximum atomic E-state index is 12.6. The summed E-state index contributed by atoms with van der Waals surface area (Å²) in [7, 11) is 0. The molecule has 46 heavy (non-hydrogen) atoms. The minimum absolute atomic E-state index is 0.107. The highest BCUT2D eigenvalue weighted by atomic mass is 16.6. The summed E-state index contributed by atoms with van der Waals surface area (Å²) in [5.41, 5.74) is 4.35. The van der Waals surface area contributed by atoms with Gasteiger partial charge in [-0.15, -0.1) is 0 Å². The van der Waals surface area contributed by atoms with Gasteiger partial charge in [-0.05, 0) is 100 Å². The average Bonchev–Trinajstić information content (AvgIpc) is 3.42. The number of amides is 1. The molecule has 1 amide bonds. The summed E-state index contributed by atoms with van der Waals surface area (Å²) in [6.07, 6.45) is 5.02. The monoisotopic (exact) mass is 620 g/mol. The van der Waals surface area contributed by atoms with Crippen LogP contribution in [-0.2, 0) is 33.8 Å². The summed E-state index contributed by atoms with van der Waals surface area (Å²) >= 11 is 0. The van der Waals surface area contributed by atoms with E-state index >= 15 is 0 Å². The third kappa shape index (κ3) is 8.50. The van der Waals surface area contributed by atoms with Crippen LogP contribution < -0.4 is 10.1 Å². The van der Waals surface area contributed by atoms with E-state index in [-0.39, 0.29) is 19.0 Å². The van der Waals surface area contributed by atoms with Crippen LogP contribution in [0.25, 0.3) is 28.0 Å². The van der Waals surface area contributed by atoms with Crippen molar-refractivity contribution in [3.8, 4) is 22.8 Å². The zero-order valence-electron chi connectivity index (χ0n) is 27.2. The van der Waals surface area contributed by atoms with Crippen LogP contribution in [0.4, 0.5) is 4.79 Å². The Balaban J connectivity index is 1.47. The standard InChI is InChI=1S/C37H40N4O5/c1-36(2,3)45-33(42)22-28-12-7-8-14-32(28)44-24-26-20-30(29-15-18-41(31(29)21-26)34-38-16-10-17-39-34)27-13-9-11-25(19-27)23-40-35(43)46-37(4,5)6/h7-21H,22-24H2,1-6H3,(H,40,43). The molecule has 0 aliphatic carbocycles. The molecule has 0 spiro atoms. The fraction of sp³-hybridized carbons (Fsp3) is 0.297. The van der Waals surface area contributed by atoms with Gasteiger partial charge >= 0.3 is 12.1 Å². The Hall–Kier alpha value is -5.18. The Kier molecular flexibility index (Phi) is 9.41. The van der Waals surface area contributed by atoms with E-state index in [1.54, 1.807) is 18.5 Å². The molecule has 5 rings (SSSR count). The first kappa shape index (κ1) is 32.2. The molecule has 9 nitrogen and oxygen atoms in total. The first-order valence-corrected chi connectivity index (χ1v) is 15.2. The molecular formula is C37H40N4O5. The Morgan fingerprint density at radius 3 is 2.28 bits per heavy atom. The lowest BCUT2D eigenvalue weighted by atomic mass is 9.97. The van der Waals surface area contributed by atoms with Crippen molar-refractivity contribution < 1.29 is 23.8 Å². The van der Waals surface area contributed by atoms with E-state index in [4.69, 9.17) is 14.2 Å². The van der Waals surface area contributed by atoms with Crippen LogP contribution in [0.1, 0.15) is 58.2 Å². The molecule has 0 saturated heterocycles. The zero-order valence-corrected chi connectivity index (χ0v) is 27.2. The second-order valence-electron chi connectivity index (χ2n) is 13.0. The Bertz CT molecular complexity index is 1830. The van der Waals surface area contributed by atoms with Crippen molar-refractivity contribution in [3.63, 3.8) is 0 Å². The predicted molar refractivity (Wildman–Crippen MR) is 178 cm³/mol. The quantitative estimate of drug-likeness (QED) is 0.169. The van der Waals surface area contributed by atoms with Gasteiger partial charge in [0.25, 0.3) is 0 Å². The largest absolute Gasteiger partial charge is 0.489 e. The number of carbonyl (C=O) groups excluding carboxylic acids is 2. The summed E-state index contributed by atoms with van der Waals surface area (Å²) in [6, 6.07) is 23.6. The average molecular weight is 621 g/mol. The minimum atomic E-state index is -0.577. The number of para-hydroxylation sites is 1. The molecule has 2 heterocycles. The van der Waals surface area contributed by atoms with Gasteiger partial charge in [0.05, 0.1) is 11.9 Å². The summed E-state index contributed by atoms with van der Waals surface area (Å²) < 4.78 is 19.2. The molecule has 5 aromatic rings. The third-order valence-electron chi connectivity index (χ3n) is 6.83. The number of alkyl carbamates (subject to hydrolysis) is 1. The van der Waals surface area contributed by atoms with E-state index in [9.17, 15) is 9.59 Å². The van der Waals surface area contributed by atoms with E-state index < -0.39 is 17.3 Å². The van der Waals surface area contributed by atoms with Crippen LogP contribution >= 0.6 is 0 Å². The van der Waals surface area contributed by atoms with Crippen LogP contribution in [-0.4, -0.2) is 37.8 Å². The number of aromatic nitrogens is 3. The fourth-order valence-corrected chi connectivity index (χ4v) is 5.03. The van der Waals surface area contributed by atoms with Gasteiger partial charge < -0.3 is 19.5 Å². The van der Waals surface area contributed by atoms with Gasteiger partial charge in [-0.3, -0.25) is 9.36 Å². The van der Waals surface area contributed by atoms with E-state index in [0.29, 0.717) is 18.2 Å². The van der Waals surface area contributed by atoms with Crippen molar-refractivity contribution in [3.05, 3.63) is 108 Å². The molecule has 9 heteroatoms. The molecule has 0 aliphatic heterocycles. The van der Waals surface area contributed by atoms with Gasteiger partial charge in [-0.25, -0.2) is 14.8 Å². The predicted octanol–water partition coefficient (Wildman–Crippen LogP) is 7.58. The highest BCUT2D eigenvalue weighted by molar-refractivity contribution is 5.97. The lowest BCUT2D eigenvalue weighted by Crippen LogP contribution is -2.32. The van der Waals surface area contributed by atoms with Crippen molar-refractivity contribution in [2.24, 2.45) is 0 Å². The molecule has 0 bridgehead atoms. The van der Waals surface area contributed by atoms with Gasteiger partial charge in [0.15, 0.2) is 0 Å². The van der Waals surface area contributed by atoms with Crippen molar-refractivity contribution in [2.75, 3.05) is 0 Å². The Morgan fingerprint density at radius 1 is 0.804 bits per heavy atom. The maximum Gasteiger partial charge on any atom is 0.407 e. The fourth-order valence-electron chi connectivity index (χ4n) is 5.03. The highest BCUT2D eigenvalue weighted by Crippen LogP contribution is 2.33. The first-order chi connectivity index (χ1) is 21.8. The highest BCUT2D eigenvalue weighted by Gasteiger charge is 2.19. The molecule has 0 fully saturated rings. The van der Waals surface area contributed by atoms with Crippen molar-refractivity contribution in [1.29, 1.82) is 0 Å². The molecule has 1 N–H and O–H groups in total. The second-order valence-corrected chi connectivity index (χ2v) is 13.0. The van der Waals surface area contributed by atoms with E-state index in [0.717, 1.165) is 38.7 Å². The molecule has 0 saturated carbocycles. The lowest BCUT2D eigenvalue weighted by Gasteiger charge is -2.20. The van der Waals surface area contributed by atoms with Crippen LogP contribution in [0, 0.1) is 0 Å². The number of nitrogens with zero attached hydrogens (tertiary/aromatic N) is 3. The number of benzene rings is 3. The number of rotatable bonds is 9. The number of carbonyl (C=O) groups is 2. The van der Waals surface area contributed by atoms with Crippen LogP contribution in [0.5, 0.6) is 5.75 Å². The number of esters is 1. The van der Waals surface area contributed by atoms with E-state index in [1.807, 2.05) is 101 Å². The zero-order chi connectivity index (χ0) is 32.9. The molecule has 0 aliphatic rings. The molecule has 0 unspecified atom stereocenters. The van der Waals surface area contributed by atoms with Crippen LogP contribution in [0.3, 0.4) is 0 Å². The lowest BCUT2D eigenvalue weighted by molar-refractivity contribution is -0.153. The van der Waals surface area contributed by atoms with Gasteiger partial charge in [0, 0.05) is 36.1 Å². The molecular weight excluding hydrogens is 580 g/mol. The van der Waals surface area contributed by atoms with Gasteiger partial charge in [0.2, 0.25) is 5.95 Å². The number of nitrogens with one attached hydrogen (secondary N) is 1. The van der Waals surface area contributed by atoms with Crippen LogP contribution in [0.15, 0.2) is 91.4 Å². The minimum Gasteiger partial charge on any atom is -0.489 e. The Morgan fingerprint density at radius 2 is 1.54 bits per heavy atom. The number of ether oxygens (including phenoxy) is 3. The number of fused-ring (bicyclic) bond motifs is 1. The maximum absolute atomic E-state index is 12.6. The van der Waals surface area contributed by atoms with E-state index in [2.05, 4.69) is 33.5 Å². The SMILES string of the molecule is CC(C)(C)OC(=O)Cc1ccccc1OCc1cc(-c2cccc(CNC(=O)OC(C)(C)C)c2)c2ccn(-c3ncccn3)c2c1.